The van der Waals surface area contributed by atoms with Crippen molar-refractivity contribution in [1.82, 2.24) is 5.32 Å². The van der Waals surface area contributed by atoms with Gasteiger partial charge in [-0.15, -0.1) is 0 Å². The Morgan fingerprint density at radius 1 is 1.21 bits per heavy atom. The number of esters is 1. The van der Waals surface area contributed by atoms with E-state index in [1.165, 1.54) is 7.11 Å². The Kier molecular flexibility index (Phi) is 5.54. The molecule has 0 aromatic heterocycles. The molecule has 1 unspecified atom stereocenters. The molecule has 1 heterocycles. The van der Waals surface area contributed by atoms with Crippen molar-refractivity contribution in [2.45, 2.75) is 38.8 Å². The average molecular weight is 337 g/mol. The van der Waals surface area contributed by atoms with Gasteiger partial charge in [0.25, 0.3) is 0 Å². The standard InChI is InChI=1S/C17H23NO6/c1-17(2,3)24-16(20)18-12(15(19)21-4)9-11-5-6-13-14(10-11)23-8-7-22-13/h5-6,10,12H,7-9H2,1-4H3,(H,18,20). The summed E-state index contributed by atoms with van der Waals surface area (Å²) in [4.78, 5) is 23.9. The van der Waals surface area contributed by atoms with Crippen molar-refractivity contribution in [3.63, 3.8) is 0 Å². The smallest absolute Gasteiger partial charge is 0.408 e. The highest BCUT2D eigenvalue weighted by Crippen LogP contribution is 2.31. The Morgan fingerprint density at radius 2 is 1.88 bits per heavy atom. The van der Waals surface area contributed by atoms with Gasteiger partial charge in [-0.05, 0) is 38.5 Å². The van der Waals surface area contributed by atoms with Gasteiger partial charge in [0.2, 0.25) is 0 Å². The fourth-order valence-corrected chi connectivity index (χ4v) is 2.24. The zero-order valence-corrected chi connectivity index (χ0v) is 14.4. The van der Waals surface area contributed by atoms with Crippen LogP contribution >= 0.6 is 0 Å². The Hall–Kier alpha value is -2.44. The summed E-state index contributed by atoms with van der Waals surface area (Å²) in [5.74, 6) is 0.745. The van der Waals surface area contributed by atoms with Gasteiger partial charge in [0.05, 0.1) is 7.11 Å². The van der Waals surface area contributed by atoms with Crippen molar-refractivity contribution in [2.24, 2.45) is 0 Å². The summed E-state index contributed by atoms with van der Waals surface area (Å²) in [5.41, 5.74) is 0.160. The molecule has 24 heavy (non-hydrogen) atoms. The van der Waals surface area contributed by atoms with E-state index in [0.29, 0.717) is 24.7 Å². The molecule has 1 N–H and O–H groups in total. The molecule has 1 atom stereocenters. The maximum atomic E-state index is 12.0. The van der Waals surface area contributed by atoms with E-state index in [4.69, 9.17) is 18.9 Å². The highest BCUT2D eigenvalue weighted by Gasteiger charge is 2.26. The molecule has 1 aliphatic heterocycles. The quantitative estimate of drug-likeness (QED) is 0.847. The third-order valence-corrected chi connectivity index (χ3v) is 3.22. The number of rotatable bonds is 4. The van der Waals surface area contributed by atoms with Crippen LogP contribution < -0.4 is 14.8 Å². The summed E-state index contributed by atoms with van der Waals surface area (Å²) < 4.78 is 20.9. The first-order valence-electron chi connectivity index (χ1n) is 7.74. The molecule has 0 saturated carbocycles. The maximum Gasteiger partial charge on any atom is 0.408 e. The van der Waals surface area contributed by atoms with Crippen LogP contribution in [0.15, 0.2) is 18.2 Å². The predicted octanol–water partition coefficient (Wildman–Crippen LogP) is 2.07. The molecule has 132 valence electrons. The van der Waals surface area contributed by atoms with Crippen LogP contribution in [0.5, 0.6) is 11.5 Å². The van der Waals surface area contributed by atoms with Gasteiger partial charge < -0.3 is 24.3 Å². The van der Waals surface area contributed by atoms with Gasteiger partial charge in [-0.3, -0.25) is 0 Å². The van der Waals surface area contributed by atoms with Crippen molar-refractivity contribution in [2.75, 3.05) is 20.3 Å². The van der Waals surface area contributed by atoms with Gasteiger partial charge in [-0.25, -0.2) is 9.59 Å². The van der Waals surface area contributed by atoms with Crippen LogP contribution in [0.1, 0.15) is 26.3 Å². The molecule has 0 saturated heterocycles. The fraction of sp³-hybridized carbons (Fsp3) is 0.529. The van der Waals surface area contributed by atoms with E-state index in [0.717, 1.165) is 5.56 Å². The molecule has 0 radical (unpaired) electrons. The topological polar surface area (TPSA) is 83.1 Å². The number of carbonyl (C=O) groups is 2. The third kappa shape index (κ3) is 5.04. The lowest BCUT2D eigenvalue weighted by Gasteiger charge is -2.23. The first-order chi connectivity index (χ1) is 11.3. The number of methoxy groups -OCH3 is 1. The first-order valence-corrected chi connectivity index (χ1v) is 7.74. The molecule has 7 nitrogen and oxygen atoms in total. The Bertz CT molecular complexity index is 608. The van der Waals surface area contributed by atoms with E-state index < -0.39 is 23.7 Å². The Labute approximate surface area is 141 Å². The van der Waals surface area contributed by atoms with Gasteiger partial charge in [-0.1, -0.05) is 6.07 Å². The minimum atomic E-state index is -0.854. The van der Waals surface area contributed by atoms with Crippen LogP contribution in [-0.2, 0) is 20.7 Å². The molecular weight excluding hydrogens is 314 g/mol. The summed E-state index contributed by atoms with van der Waals surface area (Å²) in [7, 11) is 1.27. The van der Waals surface area contributed by atoms with Crippen LogP contribution in [0.25, 0.3) is 0 Å². The molecule has 0 spiro atoms. The predicted molar refractivity (Wildman–Crippen MR) is 86.3 cm³/mol. The number of fused-ring (bicyclic) bond motifs is 1. The molecular formula is C17H23NO6. The lowest BCUT2D eigenvalue weighted by molar-refractivity contribution is -0.143. The Morgan fingerprint density at radius 3 is 2.50 bits per heavy atom. The molecule has 1 aromatic carbocycles. The van der Waals surface area contributed by atoms with Crippen molar-refractivity contribution in [3.05, 3.63) is 23.8 Å². The number of amides is 1. The highest BCUT2D eigenvalue weighted by molar-refractivity contribution is 5.81. The molecule has 1 aromatic rings. The number of hydrogen-bond donors (Lipinski definition) is 1. The van der Waals surface area contributed by atoms with E-state index in [2.05, 4.69) is 5.32 Å². The normalized spacial score (nSPS) is 14.5. The van der Waals surface area contributed by atoms with Crippen LogP contribution in [0.3, 0.4) is 0 Å². The second-order valence-electron chi connectivity index (χ2n) is 6.40. The van der Waals surface area contributed by atoms with Gasteiger partial charge in [-0.2, -0.15) is 0 Å². The number of nitrogens with one attached hydrogen (secondary N) is 1. The summed E-state index contributed by atoms with van der Waals surface area (Å²) in [6.45, 7) is 6.24. The van der Waals surface area contributed by atoms with Crippen LogP contribution in [0.4, 0.5) is 4.79 Å². The number of carbonyl (C=O) groups excluding carboxylic acids is 2. The fourth-order valence-electron chi connectivity index (χ4n) is 2.24. The third-order valence-electron chi connectivity index (χ3n) is 3.22. The summed E-state index contributed by atoms with van der Waals surface area (Å²) in [6, 6.07) is 4.54. The monoisotopic (exact) mass is 337 g/mol. The SMILES string of the molecule is COC(=O)C(Cc1ccc2c(c1)OCCO2)NC(=O)OC(C)(C)C. The first kappa shape index (κ1) is 17.9. The number of ether oxygens (including phenoxy) is 4. The van der Waals surface area contributed by atoms with Crippen LogP contribution in [0, 0.1) is 0 Å². The minimum Gasteiger partial charge on any atom is -0.486 e. The van der Waals surface area contributed by atoms with E-state index in [9.17, 15) is 9.59 Å². The zero-order valence-electron chi connectivity index (χ0n) is 14.4. The van der Waals surface area contributed by atoms with E-state index >= 15 is 0 Å². The Balaban J connectivity index is 2.08. The lowest BCUT2D eigenvalue weighted by atomic mass is 10.1. The number of hydrogen-bond acceptors (Lipinski definition) is 6. The van der Waals surface area contributed by atoms with Gasteiger partial charge >= 0.3 is 12.1 Å². The summed E-state index contributed by atoms with van der Waals surface area (Å²) >= 11 is 0. The number of benzene rings is 1. The molecule has 2 rings (SSSR count). The minimum absolute atomic E-state index is 0.253. The summed E-state index contributed by atoms with van der Waals surface area (Å²) in [5, 5.41) is 2.55. The lowest BCUT2D eigenvalue weighted by Crippen LogP contribution is -2.45. The van der Waals surface area contributed by atoms with Crippen LogP contribution in [0.2, 0.25) is 0 Å². The highest BCUT2D eigenvalue weighted by atomic mass is 16.6. The van der Waals surface area contributed by atoms with Crippen LogP contribution in [-0.4, -0.2) is 44.0 Å². The molecule has 1 amide bonds. The largest absolute Gasteiger partial charge is 0.486 e. The second kappa shape index (κ2) is 7.42. The van der Waals surface area contributed by atoms with E-state index in [-0.39, 0.29) is 6.42 Å². The zero-order chi connectivity index (χ0) is 17.7. The second-order valence-corrected chi connectivity index (χ2v) is 6.40. The van der Waals surface area contributed by atoms with E-state index in [1.54, 1.807) is 32.9 Å². The number of alkyl carbamates (subject to hydrolysis) is 1. The molecule has 1 aliphatic rings. The van der Waals surface area contributed by atoms with Gasteiger partial charge in [0.1, 0.15) is 24.9 Å². The van der Waals surface area contributed by atoms with Crippen molar-refractivity contribution in [3.8, 4) is 11.5 Å². The van der Waals surface area contributed by atoms with Crippen molar-refractivity contribution < 1.29 is 28.5 Å². The average Bonchev–Trinajstić information content (AvgIpc) is 2.51. The van der Waals surface area contributed by atoms with Crippen molar-refractivity contribution >= 4 is 12.1 Å². The molecule has 0 fully saturated rings. The molecule has 0 aliphatic carbocycles. The van der Waals surface area contributed by atoms with Crippen molar-refractivity contribution in [1.29, 1.82) is 0 Å². The maximum absolute atomic E-state index is 12.0. The molecule has 7 heteroatoms. The van der Waals surface area contributed by atoms with Gasteiger partial charge in [0.15, 0.2) is 11.5 Å². The van der Waals surface area contributed by atoms with Gasteiger partial charge in [0, 0.05) is 6.42 Å². The molecule has 0 bridgehead atoms. The summed E-state index contributed by atoms with van der Waals surface area (Å²) in [6.07, 6.45) is -0.418. The van der Waals surface area contributed by atoms with E-state index in [1.807, 2.05) is 6.07 Å².